The number of sulfone groups is 1. The van der Waals surface area contributed by atoms with Crippen LogP contribution in [0.5, 0.6) is 0 Å². The van der Waals surface area contributed by atoms with Crippen molar-refractivity contribution in [2.45, 2.75) is 4.90 Å². The second-order valence-corrected chi connectivity index (χ2v) is 6.88. The molecule has 0 bridgehead atoms. The summed E-state index contributed by atoms with van der Waals surface area (Å²) in [6.07, 6.45) is 4.28. The Morgan fingerprint density at radius 2 is 2.14 bits per heavy atom. The average Bonchev–Trinajstić information content (AvgIpc) is 2.84. The second kappa shape index (κ2) is 5.90. The van der Waals surface area contributed by atoms with E-state index >= 15 is 0 Å². The summed E-state index contributed by atoms with van der Waals surface area (Å²) in [6, 6.07) is 5.74. The van der Waals surface area contributed by atoms with Crippen LogP contribution < -0.4 is 0 Å². The number of halogens is 2. The number of aromatic nitrogens is 2. The Balaban J connectivity index is 2.58. The number of aryl methyl sites for hydroxylation is 1. The predicted molar refractivity (Wildman–Crippen MR) is 80.4 cm³/mol. The highest BCUT2D eigenvalue weighted by Crippen LogP contribution is 2.30. The van der Waals surface area contributed by atoms with Crippen LogP contribution >= 0.6 is 23.2 Å². The number of allylic oxidation sites excluding steroid dienone is 1. The van der Waals surface area contributed by atoms with Crippen LogP contribution in [0.2, 0.25) is 10.0 Å². The molecule has 2 aromatic rings. The van der Waals surface area contributed by atoms with Crippen molar-refractivity contribution in [3.63, 3.8) is 0 Å². The van der Waals surface area contributed by atoms with Crippen LogP contribution in [0.25, 0.3) is 6.08 Å². The first-order valence-electron chi connectivity index (χ1n) is 5.65. The van der Waals surface area contributed by atoms with E-state index in [0.29, 0.717) is 5.56 Å². The Morgan fingerprint density at radius 1 is 1.43 bits per heavy atom. The van der Waals surface area contributed by atoms with E-state index in [0.717, 1.165) is 0 Å². The first kappa shape index (κ1) is 15.6. The summed E-state index contributed by atoms with van der Waals surface area (Å²) in [5, 5.41) is 13.3. The molecule has 1 aromatic heterocycles. The Hall–Kier alpha value is -1.81. The van der Waals surface area contributed by atoms with E-state index in [1.165, 1.54) is 35.2 Å². The minimum absolute atomic E-state index is 0.00624. The molecule has 0 atom stereocenters. The molecule has 5 nitrogen and oxygen atoms in total. The number of hydrogen-bond acceptors (Lipinski definition) is 4. The summed E-state index contributed by atoms with van der Waals surface area (Å²) in [7, 11) is -2.36. The average molecular weight is 342 g/mol. The van der Waals surface area contributed by atoms with Gasteiger partial charge in [0.15, 0.2) is 0 Å². The van der Waals surface area contributed by atoms with Gasteiger partial charge in [-0.25, -0.2) is 8.42 Å². The van der Waals surface area contributed by atoms with Crippen LogP contribution in [0.15, 0.2) is 40.4 Å². The van der Waals surface area contributed by atoms with E-state index in [9.17, 15) is 8.42 Å². The minimum Gasteiger partial charge on any atom is -0.275 e. The normalized spacial score (nSPS) is 12.2. The van der Waals surface area contributed by atoms with E-state index < -0.39 is 14.7 Å². The van der Waals surface area contributed by atoms with Crippen molar-refractivity contribution >= 4 is 39.1 Å². The third kappa shape index (κ3) is 3.27. The largest absolute Gasteiger partial charge is 0.275 e. The van der Waals surface area contributed by atoms with Gasteiger partial charge in [0.05, 0.1) is 16.1 Å². The third-order valence-electron chi connectivity index (χ3n) is 2.61. The van der Waals surface area contributed by atoms with Gasteiger partial charge in [-0.15, -0.1) is 0 Å². The van der Waals surface area contributed by atoms with Crippen LogP contribution in [-0.4, -0.2) is 18.2 Å². The van der Waals surface area contributed by atoms with Crippen molar-refractivity contribution in [3.8, 4) is 6.07 Å². The molecule has 0 saturated heterocycles. The first-order chi connectivity index (χ1) is 9.84. The first-order valence-corrected chi connectivity index (χ1v) is 7.89. The maximum atomic E-state index is 12.5. The lowest BCUT2D eigenvalue weighted by atomic mass is 10.3. The van der Waals surface area contributed by atoms with Gasteiger partial charge in [0, 0.05) is 23.8 Å². The molecule has 8 heteroatoms. The van der Waals surface area contributed by atoms with Gasteiger partial charge in [0.1, 0.15) is 11.0 Å². The van der Waals surface area contributed by atoms with Crippen molar-refractivity contribution in [2.24, 2.45) is 7.05 Å². The molecule has 0 aliphatic heterocycles. The van der Waals surface area contributed by atoms with Crippen LogP contribution in [-0.2, 0) is 16.9 Å². The molecule has 0 aliphatic rings. The summed E-state index contributed by atoms with van der Waals surface area (Å²) in [4.78, 5) is -0.631. The zero-order chi connectivity index (χ0) is 15.6. The molecule has 108 valence electrons. The molecule has 0 N–H and O–H groups in total. The fourth-order valence-electron chi connectivity index (χ4n) is 1.64. The molecule has 1 aromatic carbocycles. The molecule has 0 spiro atoms. The van der Waals surface area contributed by atoms with Gasteiger partial charge in [-0.1, -0.05) is 23.2 Å². The number of nitrogens with zero attached hydrogens (tertiary/aromatic N) is 3. The van der Waals surface area contributed by atoms with Crippen molar-refractivity contribution in [2.75, 3.05) is 0 Å². The topological polar surface area (TPSA) is 75.8 Å². The van der Waals surface area contributed by atoms with Crippen molar-refractivity contribution < 1.29 is 8.42 Å². The van der Waals surface area contributed by atoms with Crippen molar-refractivity contribution in [1.82, 2.24) is 9.78 Å². The highest BCUT2D eigenvalue weighted by Gasteiger charge is 2.24. The Morgan fingerprint density at radius 3 is 2.71 bits per heavy atom. The minimum atomic E-state index is -4.05. The smallest absolute Gasteiger partial charge is 0.218 e. The van der Waals surface area contributed by atoms with Crippen molar-refractivity contribution in [1.29, 1.82) is 5.26 Å². The van der Waals surface area contributed by atoms with Gasteiger partial charge < -0.3 is 0 Å². The van der Waals surface area contributed by atoms with E-state index in [2.05, 4.69) is 5.10 Å². The second-order valence-electron chi connectivity index (χ2n) is 4.15. The van der Waals surface area contributed by atoms with Gasteiger partial charge in [-0.2, -0.15) is 10.4 Å². The Bertz CT molecular complexity index is 864. The number of hydrogen-bond donors (Lipinski definition) is 0. The zero-order valence-electron chi connectivity index (χ0n) is 10.8. The van der Waals surface area contributed by atoms with Gasteiger partial charge in [0.2, 0.25) is 9.84 Å². The summed E-state index contributed by atoms with van der Waals surface area (Å²) < 4.78 is 26.5. The van der Waals surface area contributed by atoms with Crippen LogP contribution in [0, 0.1) is 11.3 Å². The summed E-state index contributed by atoms with van der Waals surface area (Å²) in [5.74, 6) is 0. The molecular formula is C13H9Cl2N3O2S. The van der Waals surface area contributed by atoms with Crippen LogP contribution in [0.4, 0.5) is 0 Å². The van der Waals surface area contributed by atoms with Crippen molar-refractivity contribution in [3.05, 3.63) is 51.1 Å². The molecule has 1 heterocycles. The van der Waals surface area contributed by atoms with Crippen LogP contribution in [0.3, 0.4) is 0 Å². The molecule has 0 saturated carbocycles. The molecular weight excluding hydrogens is 333 g/mol. The van der Waals surface area contributed by atoms with E-state index in [4.69, 9.17) is 28.5 Å². The summed E-state index contributed by atoms with van der Waals surface area (Å²) in [6.45, 7) is 0. The monoisotopic (exact) mass is 341 g/mol. The number of rotatable bonds is 3. The summed E-state index contributed by atoms with van der Waals surface area (Å²) >= 11 is 11.7. The maximum Gasteiger partial charge on any atom is 0.218 e. The van der Waals surface area contributed by atoms with Crippen LogP contribution in [0.1, 0.15) is 5.56 Å². The third-order valence-corrected chi connectivity index (χ3v) is 4.99. The Kier molecular flexibility index (Phi) is 4.37. The zero-order valence-corrected chi connectivity index (χ0v) is 13.1. The Labute approximate surface area is 131 Å². The van der Waals surface area contributed by atoms with Gasteiger partial charge in [-0.3, -0.25) is 4.68 Å². The maximum absolute atomic E-state index is 12.5. The van der Waals surface area contributed by atoms with Gasteiger partial charge >= 0.3 is 0 Å². The fourth-order valence-corrected chi connectivity index (χ4v) is 3.55. The molecule has 0 fully saturated rings. The van der Waals surface area contributed by atoms with E-state index in [-0.39, 0.29) is 14.9 Å². The fraction of sp³-hybridized carbons (Fsp3) is 0.0769. The van der Waals surface area contributed by atoms with E-state index in [1.54, 1.807) is 19.3 Å². The van der Waals surface area contributed by atoms with Gasteiger partial charge in [0.25, 0.3) is 0 Å². The lowest BCUT2D eigenvalue weighted by Gasteiger charge is -2.05. The highest BCUT2D eigenvalue weighted by atomic mass is 35.5. The molecule has 0 aliphatic carbocycles. The SMILES string of the molecule is Cn1cc(/C=C(\C#N)S(=O)(=O)c2cc(Cl)ccc2Cl)cn1. The quantitative estimate of drug-likeness (QED) is 0.804. The lowest BCUT2D eigenvalue weighted by molar-refractivity contribution is 0.603. The standard InChI is InChI=1S/C13H9Cl2N3O2S/c1-18-8-9(7-17-18)4-11(6-16)21(19,20)13-5-10(14)2-3-12(13)15/h2-5,7-8H,1H3/b11-4+. The molecule has 2 rings (SSSR count). The van der Waals surface area contributed by atoms with Gasteiger partial charge in [-0.05, 0) is 24.3 Å². The lowest BCUT2D eigenvalue weighted by Crippen LogP contribution is -2.04. The molecule has 0 unspecified atom stereocenters. The predicted octanol–water partition coefficient (Wildman–Crippen LogP) is 3.07. The summed E-state index contributed by atoms with van der Waals surface area (Å²) in [5.41, 5.74) is 0.496. The highest BCUT2D eigenvalue weighted by molar-refractivity contribution is 7.95. The van der Waals surface area contributed by atoms with E-state index in [1.807, 2.05) is 0 Å². The molecule has 0 amide bonds. The molecule has 21 heavy (non-hydrogen) atoms. The molecule has 0 radical (unpaired) electrons. The number of nitriles is 1. The number of benzene rings is 1.